The van der Waals surface area contributed by atoms with E-state index >= 15 is 0 Å². The maximum absolute atomic E-state index is 12.5. The number of primary amides is 1. The fourth-order valence-corrected chi connectivity index (χ4v) is 7.64. The van der Waals surface area contributed by atoms with Crippen molar-refractivity contribution in [1.82, 2.24) is 10.3 Å². The molecule has 2 amide bonds. The normalized spacial score (nSPS) is 12.7. The third-order valence-electron chi connectivity index (χ3n) is 9.39. The van der Waals surface area contributed by atoms with E-state index in [1.165, 1.54) is 17.8 Å². The smallest absolute Gasteiger partial charge is 0.262 e. The van der Waals surface area contributed by atoms with Gasteiger partial charge in [0, 0.05) is 45.2 Å². The van der Waals surface area contributed by atoms with Gasteiger partial charge in [0.2, 0.25) is 0 Å². The maximum Gasteiger partial charge on any atom is 0.262 e. The minimum Gasteiger partial charge on any atom is -0.506 e. The molecule has 1 aliphatic heterocycles. The number of fused-ring (bicyclic) bond motifs is 2. The lowest BCUT2D eigenvalue weighted by atomic mass is 10.0. The third-order valence-corrected chi connectivity index (χ3v) is 10.4. The van der Waals surface area contributed by atoms with Crippen molar-refractivity contribution in [3.05, 3.63) is 126 Å². The predicted molar refractivity (Wildman–Crippen MR) is 216 cm³/mol. The molecule has 11 nitrogen and oxygen atoms in total. The number of aliphatic hydroxyl groups excluding tert-OH is 1. The number of benzene rings is 5. The van der Waals surface area contributed by atoms with Gasteiger partial charge in [-0.05, 0) is 97.1 Å². The van der Waals surface area contributed by atoms with Crippen molar-refractivity contribution < 1.29 is 29.3 Å². The summed E-state index contributed by atoms with van der Waals surface area (Å²) in [6.45, 7) is 2.84. The molecular weight excluding hydrogens is 715 g/mol. The molecular formula is C43H41N5O6S. The lowest BCUT2D eigenvalue weighted by molar-refractivity contribution is -0.118. The number of amides is 2. The number of aromatic nitrogens is 1. The Labute approximate surface area is 322 Å². The van der Waals surface area contributed by atoms with Gasteiger partial charge in [-0.2, -0.15) is 0 Å². The zero-order chi connectivity index (χ0) is 38.5. The second-order valence-corrected chi connectivity index (χ2v) is 14.4. The Morgan fingerprint density at radius 3 is 2.64 bits per heavy atom. The quantitative estimate of drug-likeness (QED) is 0.0484. The van der Waals surface area contributed by atoms with Gasteiger partial charge < -0.3 is 41.4 Å². The number of anilines is 3. The first-order chi connectivity index (χ1) is 26.7. The second kappa shape index (κ2) is 16.5. The molecule has 7 N–H and O–H groups in total. The van der Waals surface area contributed by atoms with Crippen LogP contribution >= 0.6 is 11.8 Å². The van der Waals surface area contributed by atoms with Crippen molar-refractivity contribution in [2.45, 2.75) is 35.7 Å². The number of aromatic hydroxyl groups is 1. The van der Waals surface area contributed by atoms with Crippen molar-refractivity contribution >= 4 is 51.5 Å². The predicted octanol–water partition coefficient (Wildman–Crippen LogP) is 7.50. The Bertz CT molecular complexity index is 2390. The maximum atomic E-state index is 12.5. The zero-order valence-electron chi connectivity index (χ0n) is 30.4. The summed E-state index contributed by atoms with van der Waals surface area (Å²) in [6.07, 6.45) is 2.40. The number of ether oxygens (including phenoxy) is 2. The van der Waals surface area contributed by atoms with E-state index in [4.69, 9.17) is 15.2 Å². The van der Waals surface area contributed by atoms with E-state index in [0.717, 1.165) is 55.9 Å². The fraction of sp³-hybridized carbons (Fsp3) is 0.186. The Hall–Kier alpha value is -6.08. The molecule has 0 radical (unpaired) electrons. The number of nitrogens with one attached hydrogen (secondary N) is 3. The molecule has 2 heterocycles. The summed E-state index contributed by atoms with van der Waals surface area (Å²) in [6, 6.07) is 31.7. The number of rotatable bonds is 14. The van der Waals surface area contributed by atoms with E-state index in [1.54, 1.807) is 24.9 Å². The van der Waals surface area contributed by atoms with Crippen LogP contribution in [-0.4, -0.2) is 53.8 Å². The number of nitrogens with zero attached hydrogens (tertiary/aromatic N) is 1. The highest BCUT2D eigenvalue weighted by molar-refractivity contribution is 7.99. The van der Waals surface area contributed by atoms with Crippen LogP contribution in [0.25, 0.3) is 22.0 Å². The lowest BCUT2D eigenvalue weighted by Gasteiger charge is -2.23. The molecule has 0 saturated carbocycles. The number of pyridine rings is 1. The summed E-state index contributed by atoms with van der Waals surface area (Å²) in [4.78, 5) is 30.9. The van der Waals surface area contributed by atoms with Gasteiger partial charge in [0.05, 0.1) is 30.0 Å². The van der Waals surface area contributed by atoms with Crippen molar-refractivity contribution in [3.8, 4) is 28.4 Å². The van der Waals surface area contributed by atoms with Crippen LogP contribution in [0.15, 0.2) is 113 Å². The van der Waals surface area contributed by atoms with Crippen LogP contribution in [-0.2, 0) is 11.2 Å². The number of nitrogens with two attached hydrogens (primary N) is 1. The molecule has 55 heavy (non-hydrogen) atoms. The van der Waals surface area contributed by atoms with Crippen LogP contribution in [0.1, 0.15) is 39.6 Å². The fourth-order valence-electron chi connectivity index (χ4n) is 6.62. The molecule has 0 aliphatic carbocycles. The average Bonchev–Trinajstić information content (AvgIpc) is 3.18. The minimum absolute atomic E-state index is 0.102. The van der Waals surface area contributed by atoms with E-state index in [-0.39, 0.29) is 24.0 Å². The summed E-state index contributed by atoms with van der Waals surface area (Å²) in [5, 5.41) is 31.0. The van der Waals surface area contributed by atoms with Crippen LogP contribution < -0.4 is 31.2 Å². The van der Waals surface area contributed by atoms with Gasteiger partial charge in [-0.3, -0.25) is 14.6 Å². The van der Waals surface area contributed by atoms with Gasteiger partial charge >= 0.3 is 0 Å². The zero-order valence-corrected chi connectivity index (χ0v) is 31.2. The average molecular weight is 756 g/mol. The van der Waals surface area contributed by atoms with Crippen molar-refractivity contribution in [3.63, 3.8) is 0 Å². The first-order valence-corrected chi connectivity index (χ1v) is 18.7. The highest BCUT2D eigenvalue weighted by atomic mass is 32.2. The molecule has 1 aromatic heterocycles. The van der Waals surface area contributed by atoms with Gasteiger partial charge in [0.1, 0.15) is 17.2 Å². The summed E-state index contributed by atoms with van der Waals surface area (Å²) in [5.41, 5.74) is 13.3. The van der Waals surface area contributed by atoms with Crippen LogP contribution in [0.2, 0.25) is 0 Å². The molecule has 1 unspecified atom stereocenters. The number of methoxy groups -OCH3 is 1. The topological polar surface area (TPSA) is 168 Å². The van der Waals surface area contributed by atoms with E-state index in [1.807, 2.05) is 37.3 Å². The molecule has 0 bridgehead atoms. The number of carbonyl (C=O) groups is 2. The molecule has 5 aromatic carbocycles. The summed E-state index contributed by atoms with van der Waals surface area (Å²) < 4.78 is 10.9. The van der Waals surface area contributed by atoms with Gasteiger partial charge in [-0.25, -0.2) is 0 Å². The minimum atomic E-state index is -0.867. The molecule has 7 rings (SSSR count). The lowest BCUT2D eigenvalue weighted by Crippen LogP contribution is -2.28. The number of carbonyl (C=O) groups excluding carboxylic acids is 2. The molecule has 6 aromatic rings. The number of hydrogen-bond acceptors (Lipinski definition) is 10. The SMILES string of the molecule is COc1cccc(Nc2c(C(N)=O)cnc3c(C)cc(Sc4cccc(-c5ccc(CCCNCC(O)c6ccc(O)c7c6OCC(=O)N7)cc5)c4)cc23)c1. The second-order valence-electron chi connectivity index (χ2n) is 13.3. The van der Waals surface area contributed by atoms with E-state index in [2.05, 4.69) is 75.5 Å². The standard InChI is InChI=1S/C43H41N5O6S/c1-25-18-32(21-34-39(25)46-22-35(43(44)52)40(34)47-29-8-4-9-30(20-29)53-2)55-31-10-3-7-28(19-31)27-13-11-26(12-14-27)6-5-17-45-23-37(50)33-15-16-36(49)41-42(33)54-24-38(51)48-41/h3-4,7-16,18-22,37,45,49-50H,5-6,17,23-24H2,1-2H3,(H2,44,52)(H,46,47)(H,48,51). The van der Waals surface area contributed by atoms with Crippen LogP contribution in [0.4, 0.5) is 17.1 Å². The Balaban J connectivity index is 0.989. The summed E-state index contributed by atoms with van der Waals surface area (Å²) in [5.74, 6) is -0.0352. The highest BCUT2D eigenvalue weighted by Gasteiger charge is 2.25. The number of hydrogen-bond donors (Lipinski definition) is 6. The molecule has 1 aliphatic rings. The number of aliphatic hydroxyl groups is 1. The number of phenolic OH excluding ortho intramolecular Hbond substituents is 1. The first-order valence-electron chi connectivity index (χ1n) is 17.9. The molecule has 0 fully saturated rings. The largest absolute Gasteiger partial charge is 0.506 e. The molecule has 1 atom stereocenters. The van der Waals surface area contributed by atoms with Gasteiger partial charge in [0.25, 0.3) is 11.8 Å². The monoisotopic (exact) mass is 755 g/mol. The number of aryl methyl sites for hydroxylation is 2. The van der Waals surface area contributed by atoms with Crippen molar-refractivity contribution in [1.29, 1.82) is 0 Å². The van der Waals surface area contributed by atoms with Gasteiger partial charge in [0.15, 0.2) is 12.4 Å². The van der Waals surface area contributed by atoms with Crippen LogP contribution in [0.3, 0.4) is 0 Å². The molecule has 12 heteroatoms. The number of phenols is 1. The Morgan fingerprint density at radius 2 is 1.84 bits per heavy atom. The van der Waals surface area contributed by atoms with Gasteiger partial charge in [-0.1, -0.05) is 54.2 Å². The van der Waals surface area contributed by atoms with E-state index in [0.29, 0.717) is 41.4 Å². The summed E-state index contributed by atoms with van der Waals surface area (Å²) >= 11 is 1.64. The van der Waals surface area contributed by atoms with Crippen LogP contribution in [0.5, 0.6) is 17.2 Å². The molecule has 280 valence electrons. The van der Waals surface area contributed by atoms with Crippen LogP contribution in [0, 0.1) is 6.92 Å². The van der Waals surface area contributed by atoms with E-state index < -0.39 is 12.0 Å². The van der Waals surface area contributed by atoms with Crippen molar-refractivity contribution in [2.24, 2.45) is 5.73 Å². The Morgan fingerprint density at radius 1 is 1.02 bits per heavy atom. The summed E-state index contributed by atoms with van der Waals surface area (Å²) in [7, 11) is 1.61. The Kier molecular flexibility index (Phi) is 11.2. The third kappa shape index (κ3) is 8.52. The van der Waals surface area contributed by atoms with Crippen molar-refractivity contribution in [2.75, 3.05) is 37.4 Å². The molecule has 0 saturated heterocycles. The first kappa shape index (κ1) is 37.2. The van der Waals surface area contributed by atoms with Gasteiger partial charge in [-0.15, -0.1) is 0 Å². The highest BCUT2D eigenvalue weighted by Crippen LogP contribution is 2.42. The molecule has 0 spiro atoms. The van der Waals surface area contributed by atoms with E-state index in [9.17, 15) is 19.8 Å².